The fraction of sp³-hybridized carbons (Fsp3) is 0.160. The zero-order chi connectivity index (χ0) is 23.2. The van der Waals surface area contributed by atoms with Crippen LogP contribution in [0.2, 0.25) is 0 Å². The Morgan fingerprint density at radius 1 is 0.970 bits per heavy atom. The van der Waals surface area contributed by atoms with Crippen molar-refractivity contribution in [2.45, 2.75) is 11.8 Å². The molecule has 0 aliphatic rings. The highest BCUT2D eigenvalue weighted by molar-refractivity contribution is 7.98. The van der Waals surface area contributed by atoms with Crippen LogP contribution in [0.1, 0.15) is 5.56 Å². The number of nitrogens with one attached hydrogen (secondary N) is 1. The third-order valence-electron chi connectivity index (χ3n) is 4.99. The summed E-state index contributed by atoms with van der Waals surface area (Å²) in [6, 6.07) is 20.8. The van der Waals surface area contributed by atoms with Crippen LogP contribution in [0.15, 0.2) is 82.0 Å². The van der Waals surface area contributed by atoms with Gasteiger partial charge in [0.05, 0.1) is 5.39 Å². The summed E-state index contributed by atoms with van der Waals surface area (Å²) in [5.41, 5.74) is 0.972. The van der Waals surface area contributed by atoms with Gasteiger partial charge in [0.1, 0.15) is 17.4 Å². The molecule has 0 saturated carbocycles. The van der Waals surface area contributed by atoms with Crippen LogP contribution in [-0.2, 0) is 15.3 Å². The number of ether oxygens (including phenoxy) is 1. The van der Waals surface area contributed by atoms with Gasteiger partial charge in [0, 0.05) is 23.0 Å². The fourth-order valence-corrected chi connectivity index (χ4v) is 4.39. The molecule has 0 spiro atoms. The van der Waals surface area contributed by atoms with E-state index >= 15 is 0 Å². The number of carboxylic acids is 1. The molecule has 4 aromatic rings. The van der Waals surface area contributed by atoms with E-state index in [1.807, 2.05) is 42.5 Å². The summed E-state index contributed by atoms with van der Waals surface area (Å²) < 4.78 is 10.9. The van der Waals surface area contributed by atoms with Crippen LogP contribution >= 0.6 is 11.8 Å². The lowest BCUT2D eigenvalue weighted by Gasteiger charge is -2.15. The minimum absolute atomic E-state index is 0.226. The van der Waals surface area contributed by atoms with E-state index in [-0.39, 0.29) is 12.4 Å². The molecule has 0 bridgehead atoms. The highest BCUT2D eigenvalue weighted by Gasteiger charge is 2.20. The first-order valence-corrected chi connectivity index (χ1v) is 11.4. The number of carbonyl (C=O) groups excluding carboxylic acids is 1. The van der Waals surface area contributed by atoms with Crippen LogP contribution in [0.25, 0.3) is 21.7 Å². The molecular weight excluding hydrogens is 442 g/mol. The number of amides is 1. The van der Waals surface area contributed by atoms with Gasteiger partial charge in [0.2, 0.25) is 0 Å². The van der Waals surface area contributed by atoms with E-state index in [0.29, 0.717) is 22.5 Å². The molecule has 1 amide bonds. The van der Waals surface area contributed by atoms with E-state index in [2.05, 4.69) is 5.32 Å². The van der Waals surface area contributed by atoms with Crippen molar-refractivity contribution in [2.75, 3.05) is 12.4 Å². The quantitative estimate of drug-likeness (QED) is 0.287. The van der Waals surface area contributed by atoms with E-state index < -0.39 is 23.5 Å². The monoisotopic (exact) mass is 463 g/mol. The van der Waals surface area contributed by atoms with Crippen molar-refractivity contribution in [3.05, 3.63) is 88.8 Å². The van der Waals surface area contributed by atoms with Gasteiger partial charge in [-0.25, -0.2) is 9.59 Å². The molecule has 0 aliphatic heterocycles. The normalized spacial score (nSPS) is 11.9. The van der Waals surface area contributed by atoms with Gasteiger partial charge in [0.25, 0.3) is 5.91 Å². The SMILES string of the molecule is O=C(COc1ccc2c(c1)oc(=O)c1ccccc12)N[C@@H](CSCc1ccccc1)C(=O)O. The number of thioether (sulfide) groups is 1. The molecule has 8 heteroatoms. The smallest absolute Gasteiger partial charge is 0.344 e. The van der Waals surface area contributed by atoms with Crippen LogP contribution in [0.5, 0.6) is 5.75 Å². The second kappa shape index (κ2) is 10.2. The Morgan fingerprint density at radius 3 is 2.45 bits per heavy atom. The third-order valence-corrected chi connectivity index (χ3v) is 6.10. The lowest BCUT2D eigenvalue weighted by molar-refractivity contribution is -0.141. The first-order valence-electron chi connectivity index (χ1n) is 10.2. The van der Waals surface area contributed by atoms with E-state index in [0.717, 1.165) is 16.3 Å². The minimum atomic E-state index is -1.11. The Bertz CT molecular complexity index is 1350. The number of rotatable bonds is 9. The summed E-state index contributed by atoms with van der Waals surface area (Å²) in [5.74, 6) is -0.453. The maximum absolute atomic E-state index is 12.3. The maximum Gasteiger partial charge on any atom is 0.344 e. The summed E-state index contributed by atoms with van der Waals surface area (Å²) in [5, 5.41) is 13.9. The van der Waals surface area contributed by atoms with Crippen molar-refractivity contribution >= 4 is 45.4 Å². The minimum Gasteiger partial charge on any atom is -0.484 e. The number of fused-ring (bicyclic) bond motifs is 3. The van der Waals surface area contributed by atoms with Crippen molar-refractivity contribution in [1.82, 2.24) is 5.32 Å². The van der Waals surface area contributed by atoms with Gasteiger partial charge in [-0.1, -0.05) is 48.5 Å². The number of hydrogen-bond acceptors (Lipinski definition) is 6. The standard InChI is InChI=1S/C25H21NO6S/c27-23(26-21(24(28)29)15-33-14-16-6-2-1-3-7-16)13-31-17-10-11-19-18-8-4-5-9-20(18)25(30)32-22(19)12-17/h1-12,21H,13-15H2,(H,26,27)(H,28,29)/t21-/m0/s1. The first kappa shape index (κ1) is 22.4. The molecule has 2 N–H and O–H groups in total. The highest BCUT2D eigenvalue weighted by atomic mass is 32.2. The fourth-order valence-electron chi connectivity index (χ4n) is 3.38. The van der Waals surface area contributed by atoms with Gasteiger partial charge in [-0.05, 0) is 29.1 Å². The summed E-state index contributed by atoms with van der Waals surface area (Å²) in [4.78, 5) is 36.0. The Labute approximate surface area is 193 Å². The Kier molecular flexibility index (Phi) is 6.95. The van der Waals surface area contributed by atoms with Crippen molar-refractivity contribution in [2.24, 2.45) is 0 Å². The largest absolute Gasteiger partial charge is 0.484 e. The molecule has 0 saturated heterocycles. The number of carboxylic acid groups (broad SMARTS) is 1. The molecule has 1 heterocycles. The maximum atomic E-state index is 12.3. The Balaban J connectivity index is 1.36. The molecule has 0 fully saturated rings. The molecule has 0 aliphatic carbocycles. The van der Waals surface area contributed by atoms with E-state index in [1.165, 1.54) is 11.8 Å². The predicted octanol–water partition coefficient (Wildman–Crippen LogP) is 3.83. The highest BCUT2D eigenvalue weighted by Crippen LogP contribution is 2.26. The molecule has 7 nitrogen and oxygen atoms in total. The summed E-state index contributed by atoms with van der Waals surface area (Å²) in [7, 11) is 0. The summed E-state index contributed by atoms with van der Waals surface area (Å²) >= 11 is 1.42. The van der Waals surface area contributed by atoms with Crippen LogP contribution in [-0.4, -0.2) is 35.4 Å². The van der Waals surface area contributed by atoms with Crippen LogP contribution < -0.4 is 15.7 Å². The van der Waals surface area contributed by atoms with Crippen LogP contribution in [0.3, 0.4) is 0 Å². The van der Waals surface area contributed by atoms with E-state index in [9.17, 15) is 19.5 Å². The van der Waals surface area contributed by atoms with Crippen molar-refractivity contribution < 1.29 is 23.8 Å². The number of benzene rings is 3. The van der Waals surface area contributed by atoms with Gasteiger partial charge in [-0.2, -0.15) is 11.8 Å². The average Bonchev–Trinajstić information content (AvgIpc) is 2.82. The molecule has 3 aromatic carbocycles. The number of carbonyl (C=O) groups is 2. The topological polar surface area (TPSA) is 106 Å². The Hall–Kier alpha value is -3.78. The van der Waals surface area contributed by atoms with E-state index in [4.69, 9.17) is 9.15 Å². The lowest BCUT2D eigenvalue weighted by Crippen LogP contribution is -2.44. The summed E-state index contributed by atoms with van der Waals surface area (Å²) in [6.07, 6.45) is 0. The lowest BCUT2D eigenvalue weighted by atomic mass is 10.1. The molecule has 0 unspecified atom stereocenters. The molecule has 33 heavy (non-hydrogen) atoms. The molecular formula is C25H21NO6S. The molecule has 1 atom stereocenters. The zero-order valence-corrected chi connectivity index (χ0v) is 18.3. The Morgan fingerprint density at radius 2 is 1.70 bits per heavy atom. The van der Waals surface area contributed by atoms with Crippen molar-refractivity contribution in [3.8, 4) is 5.75 Å². The molecule has 1 aromatic heterocycles. The molecule has 168 valence electrons. The van der Waals surface area contributed by atoms with E-state index in [1.54, 1.807) is 30.3 Å². The van der Waals surface area contributed by atoms with Gasteiger partial charge in [-0.15, -0.1) is 0 Å². The second-order valence-corrected chi connectivity index (χ2v) is 8.37. The van der Waals surface area contributed by atoms with Crippen LogP contribution in [0, 0.1) is 0 Å². The van der Waals surface area contributed by atoms with Crippen molar-refractivity contribution in [3.63, 3.8) is 0 Å². The van der Waals surface area contributed by atoms with Gasteiger partial charge in [0.15, 0.2) is 6.61 Å². The van der Waals surface area contributed by atoms with Crippen molar-refractivity contribution in [1.29, 1.82) is 0 Å². The number of aliphatic carboxylic acids is 1. The van der Waals surface area contributed by atoms with Gasteiger partial charge < -0.3 is 19.6 Å². The zero-order valence-electron chi connectivity index (χ0n) is 17.5. The summed E-state index contributed by atoms with van der Waals surface area (Å²) in [6.45, 7) is -0.365. The average molecular weight is 464 g/mol. The van der Waals surface area contributed by atoms with Gasteiger partial charge in [-0.3, -0.25) is 4.79 Å². The number of hydrogen-bond donors (Lipinski definition) is 2. The first-order chi connectivity index (χ1) is 16.0. The van der Waals surface area contributed by atoms with Gasteiger partial charge >= 0.3 is 11.6 Å². The predicted molar refractivity (Wildman–Crippen MR) is 128 cm³/mol. The molecule has 4 rings (SSSR count). The third kappa shape index (κ3) is 5.53. The van der Waals surface area contributed by atoms with Crippen LogP contribution in [0.4, 0.5) is 0 Å². The molecule has 0 radical (unpaired) electrons. The second-order valence-electron chi connectivity index (χ2n) is 7.34.